The number of hydrogen-bond acceptors (Lipinski definition) is 0. The van der Waals surface area contributed by atoms with E-state index in [1.165, 1.54) is 34.7 Å². The molecule has 0 N–H and O–H groups in total. The fourth-order valence-corrected chi connectivity index (χ4v) is 2.19. The molecule has 0 bridgehead atoms. The summed E-state index contributed by atoms with van der Waals surface area (Å²) in [7, 11) is 0. The Labute approximate surface area is 106 Å². The van der Waals surface area contributed by atoms with Crippen LogP contribution in [0, 0.1) is 5.92 Å². The topological polar surface area (TPSA) is 0 Å². The van der Waals surface area contributed by atoms with E-state index in [1.54, 1.807) is 0 Å². The molecule has 0 radical (unpaired) electrons. The molecule has 0 heteroatoms. The van der Waals surface area contributed by atoms with E-state index in [1.807, 2.05) is 0 Å². The molecule has 1 aliphatic carbocycles. The molecule has 2 aromatic carbocycles. The zero-order valence-corrected chi connectivity index (χ0v) is 10.5. The van der Waals surface area contributed by atoms with Gasteiger partial charge in [-0.25, -0.2) is 0 Å². The lowest BCUT2D eigenvalue weighted by Crippen LogP contribution is -1.76. The van der Waals surface area contributed by atoms with E-state index in [0.717, 1.165) is 5.92 Å². The maximum absolute atomic E-state index is 2.25. The minimum atomic E-state index is 0. The van der Waals surface area contributed by atoms with E-state index in [9.17, 15) is 0 Å². The fourth-order valence-electron chi connectivity index (χ4n) is 2.19. The smallest absolute Gasteiger partial charge is 0.0120 e. The first-order valence-corrected chi connectivity index (χ1v) is 6.18. The lowest BCUT2D eigenvalue weighted by Gasteiger charge is -1.99. The first kappa shape index (κ1) is 13.8. The zero-order valence-electron chi connectivity index (χ0n) is 10.5. The van der Waals surface area contributed by atoms with Crippen LogP contribution < -0.4 is 0 Å². The molecule has 0 atom stereocenters. The van der Waals surface area contributed by atoms with Gasteiger partial charge in [-0.2, -0.15) is 0 Å². The van der Waals surface area contributed by atoms with Crippen LogP contribution in [0.15, 0.2) is 36.4 Å². The van der Waals surface area contributed by atoms with Gasteiger partial charge in [-0.05, 0) is 40.7 Å². The van der Waals surface area contributed by atoms with Crippen LogP contribution in [0.5, 0.6) is 0 Å². The van der Waals surface area contributed by atoms with Crippen LogP contribution in [0.3, 0.4) is 0 Å². The van der Waals surface area contributed by atoms with Crippen molar-refractivity contribution in [2.24, 2.45) is 5.92 Å². The summed E-state index contributed by atoms with van der Waals surface area (Å²) in [5, 5.41) is 2.92. The summed E-state index contributed by atoms with van der Waals surface area (Å²) in [5.41, 5.74) is 3.06. The lowest BCUT2D eigenvalue weighted by molar-refractivity contribution is 0.737. The molecule has 0 amide bonds. The van der Waals surface area contributed by atoms with Crippen molar-refractivity contribution in [3.05, 3.63) is 47.5 Å². The summed E-state index contributed by atoms with van der Waals surface area (Å²) in [4.78, 5) is 0. The second-order valence-electron chi connectivity index (χ2n) is 5.16. The van der Waals surface area contributed by atoms with Crippen LogP contribution in [-0.4, -0.2) is 0 Å². The van der Waals surface area contributed by atoms with Gasteiger partial charge in [0.15, 0.2) is 0 Å². The molecule has 92 valence electrons. The SMILES string of the molecule is C.CC(C)C.c1cc2c3c(cccc3c1)CC2. The molecule has 2 aromatic rings. The van der Waals surface area contributed by atoms with E-state index in [2.05, 4.69) is 57.2 Å². The van der Waals surface area contributed by atoms with Crippen LogP contribution in [0.25, 0.3) is 10.8 Å². The third-order valence-corrected chi connectivity index (χ3v) is 2.74. The molecule has 0 saturated carbocycles. The van der Waals surface area contributed by atoms with Crippen molar-refractivity contribution >= 4 is 10.8 Å². The van der Waals surface area contributed by atoms with Crippen molar-refractivity contribution in [2.45, 2.75) is 41.0 Å². The minimum absolute atomic E-state index is 0. The van der Waals surface area contributed by atoms with E-state index >= 15 is 0 Å². The molecule has 0 saturated heterocycles. The van der Waals surface area contributed by atoms with E-state index < -0.39 is 0 Å². The Morgan fingerprint density at radius 2 is 1.24 bits per heavy atom. The molecule has 17 heavy (non-hydrogen) atoms. The highest BCUT2D eigenvalue weighted by Gasteiger charge is 2.11. The Morgan fingerprint density at radius 1 is 0.824 bits per heavy atom. The Hall–Kier alpha value is -1.30. The van der Waals surface area contributed by atoms with Crippen molar-refractivity contribution in [1.82, 2.24) is 0 Å². The third-order valence-electron chi connectivity index (χ3n) is 2.74. The summed E-state index contributed by atoms with van der Waals surface area (Å²) in [6.45, 7) is 6.50. The van der Waals surface area contributed by atoms with Gasteiger partial charge < -0.3 is 0 Å². The Kier molecular flexibility index (Phi) is 4.74. The van der Waals surface area contributed by atoms with Crippen LogP contribution in [-0.2, 0) is 12.8 Å². The van der Waals surface area contributed by atoms with Gasteiger partial charge in [0.1, 0.15) is 0 Å². The van der Waals surface area contributed by atoms with Gasteiger partial charge in [0.05, 0.1) is 0 Å². The zero-order chi connectivity index (χ0) is 11.5. The molecule has 0 unspecified atom stereocenters. The number of hydrogen-bond donors (Lipinski definition) is 0. The van der Waals surface area contributed by atoms with Crippen LogP contribution in [0.4, 0.5) is 0 Å². The van der Waals surface area contributed by atoms with Gasteiger partial charge in [0.2, 0.25) is 0 Å². The van der Waals surface area contributed by atoms with Crippen molar-refractivity contribution in [2.75, 3.05) is 0 Å². The Morgan fingerprint density at radius 3 is 1.65 bits per heavy atom. The normalized spacial score (nSPS) is 12.0. The van der Waals surface area contributed by atoms with Crippen LogP contribution >= 0.6 is 0 Å². The number of benzene rings is 2. The van der Waals surface area contributed by atoms with E-state index in [-0.39, 0.29) is 7.43 Å². The molecule has 0 aliphatic heterocycles. The summed E-state index contributed by atoms with van der Waals surface area (Å²) in [6.07, 6.45) is 2.47. The fraction of sp³-hybridized carbons (Fsp3) is 0.412. The molecule has 0 fully saturated rings. The van der Waals surface area contributed by atoms with Gasteiger partial charge in [-0.15, -0.1) is 0 Å². The van der Waals surface area contributed by atoms with Gasteiger partial charge in [-0.3, -0.25) is 0 Å². The highest BCUT2D eigenvalue weighted by Crippen LogP contribution is 2.29. The third kappa shape index (κ3) is 3.09. The molecule has 1 aliphatic rings. The Balaban J connectivity index is 0.000000258. The van der Waals surface area contributed by atoms with Gasteiger partial charge in [0.25, 0.3) is 0 Å². The minimum Gasteiger partial charge on any atom is -0.0776 e. The average Bonchev–Trinajstić information content (AvgIpc) is 2.64. The first-order chi connectivity index (χ1) is 7.68. The summed E-state index contributed by atoms with van der Waals surface area (Å²) in [6, 6.07) is 13.2. The molecular weight excluding hydrogens is 204 g/mol. The van der Waals surface area contributed by atoms with Crippen molar-refractivity contribution in [3.8, 4) is 0 Å². The second-order valence-corrected chi connectivity index (χ2v) is 5.16. The maximum atomic E-state index is 2.25. The highest BCUT2D eigenvalue weighted by atomic mass is 14.2. The van der Waals surface area contributed by atoms with Crippen molar-refractivity contribution in [1.29, 1.82) is 0 Å². The van der Waals surface area contributed by atoms with Gasteiger partial charge in [0, 0.05) is 0 Å². The highest BCUT2D eigenvalue weighted by molar-refractivity contribution is 5.90. The van der Waals surface area contributed by atoms with Crippen LogP contribution in [0.1, 0.15) is 39.3 Å². The summed E-state index contributed by atoms with van der Waals surface area (Å²) >= 11 is 0. The summed E-state index contributed by atoms with van der Waals surface area (Å²) < 4.78 is 0. The molecule has 0 nitrogen and oxygen atoms in total. The van der Waals surface area contributed by atoms with Gasteiger partial charge in [-0.1, -0.05) is 64.6 Å². The van der Waals surface area contributed by atoms with Crippen molar-refractivity contribution < 1.29 is 0 Å². The van der Waals surface area contributed by atoms with Gasteiger partial charge >= 0.3 is 0 Å². The second kappa shape index (κ2) is 5.86. The van der Waals surface area contributed by atoms with E-state index in [4.69, 9.17) is 0 Å². The van der Waals surface area contributed by atoms with Crippen LogP contribution in [0.2, 0.25) is 0 Å². The predicted octanol–water partition coefficient (Wildman–Crippen LogP) is 5.24. The maximum Gasteiger partial charge on any atom is -0.0120 e. The molecular formula is C17H24. The molecule has 3 rings (SSSR count). The first-order valence-electron chi connectivity index (χ1n) is 6.18. The lowest BCUT2D eigenvalue weighted by atomic mass is 10.1. The predicted molar refractivity (Wildman–Crippen MR) is 78.6 cm³/mol. The summed E-state index contributed by atoms with van der Waals surface area (Å²) in [5.74, 6) is 0.833. The molecule has 0 heterocycles. The Bertz CT molecular complexity index is 439. The average molecular weight is 228 g/mol. The number of aryl methyl sites for hydroxylation is 2. The van der Waals surface area contributed by atoms with Crippen molar-refractivity contribution in [3.63, 3.8) is 0 Å². The molecule has 0 spiro atoms. The largest absolute Gasteiger partial charge is 0.0776 e. The number of rotatable bonds is 0. The monoisotopic (exact) mass is 228 g/mol. The van der Waals surface area contributed by atoms with E-state index in [0.29, 0.717) is 0 Å². The quantitative estimate of drug-likeness (QED) is 0.578. The molecule has 0 aromatic heterocycles. The standard InChI is InChI=1S/C12H10.C4H10.CH4/c1-3-9-4-2-6-11-8-7-10(5-1)12(9)11;1-4(2)3;/h1-6H,7-8H2;4H,1-3H3;1H4.